The van der Waals surface area contributed by atoms with Crippen LogP contribution in [0.5, 0.6) is 0 Å². The van der Waals surface area contributed by atoms with Crippen LogP contribution in [0.2, 0.25) is 0 Å². The Labute approximate surface area is 240 Å². The van der Waals surface area contributed by atoms with E-state index in [1.165, 1.54) is 10.5 Å². The van der Waals surface area contributed by atoms with Gasteiger partial charge in [-0.3, -0.25) is 14.4 Å². The molecule has 1 saturated heterocycles. The molecule has 3 aromatic carbocycles. The molecule has 3 aliphatic heterocycles. The van der Waals surface area contributed by atoms with Crippen LogP contribution in [-0.4, -0.2) is 75.3 Å². The fraction of sp³-hybridized carbons (Fsp3) is 0.364. The normalized spacial score (nSPS) is 23.5. The number of rotatable bonds is 5. The summed E-state index contributed by atoms with van der Waals surface area (Å²) in [6, 6.07) is 23.7. The third-order valence-corrected chi connectivity index (χ3v) is 8.68. The van der Waals surface area contributed by atoms with E-state index in [9.17, 15) is 19.5 Å². The fourth-order valence-electron chi connectivity index (χ4n) is 6.48. The highest BCUT2D eigenvalue weighted by Gasteiger charge is 2.46. The largest absolute Gasteiger partial charge is 0.391 e. The van der Waals surface area contributed by atoms with Crippen LogP contribution in [0, 0.1) is 0 Å². The van der Waals surface area contributed by atoms with Crippen LogP contribution in [0.3, 0.4) is 0 Å². The molecule has 3 heterocycles. The summed E-state index contributed by atoms with van der Waals surface area (Å²) in [6.07, 6.45) is 0.303. The second-order valence-electron chi connectivity index (χ2n) is 11.4. The molecule has 41 heavy (non-hydrogen) atoms. The van der Waals surface area contributed by atoms with Gasteiger partial charge in [0.2, 0.25) is 17.7 Å². The van der Waals surface area contributed by atoms with Gasteiger partial charge < -0.3 is 25.1 Å². The summed E-state index contributed by atoms with van der Waals surface area (Å²) in [4.78, 5) is 46.8. The minimum absolute atomic E-state index is 0.103. The lowest BCUT2D eigenvalue weighted by atomic mass is 9.92. The Bertz CT molecular complexity index is 1440. The molecule has 3 aromatic rings. The van der Waals surface area contributed by atoms with Gasteiger partial charge in [0.05, 0.1) is 12.1 Å². The molecular formula is C33H36N4O4. The minimum atomic E-state index is -0.823. The number of amides is 3. The number of hydrogen-bond donors (Lipinski definition) is 2. The fourth-order valence-corrected chi connectivity index (χ4v) is 6.48. The Morgan fingerprint density at radius 2 is 1.44 bits per heavy atom. The van der Waals surface area contributed by atoms with E-state index in [4.69, 9.17) is 0 Å². The maximum atomic E-state index is 14.3. The molecule has 0 aliphatic carbocycles. The number of nitrogens with zero attached hydrogens (tertiary/aromatic N) is 3. The van der Waals surface area contributed by atoms with Gasteiger partial charge in [0.25, 0.3) is 0 Å². The SMILES string of the molecule is CN(Cc1ccccc1)C(=O)[C@@H]1Cc2ccccc2CN1C(=O)[C@@H]1C[C@@H](O)CN1C(=O)[C@@H]1Cc2ccccc2CN1. The predicted octanol–water partition coefficient (Wildman–Crippen LogP) is 2.27. The number of carbonyl (C=O) groups excluding carboxylic acids is 3. The average Bonchev–Trinajstić information content (AvgIpc) is 3.41. The first-order chi connectivity index (χ1) is 19.9. The number of carbonyl (C=O) groups is 3. The average molecular weight is 553 g/mol. The number of aliphatic hydroxyl groups is 1. The first-order valence-corrected chi connectivity index (χ1v) is 14.3. The van der Waals surface area contributed by atoms with E-state index in [0.717, 1.165) is 22.3 Å². The number of fused-ring (bicyclic) bond motifs is 2. The van der Waals surface area contributed by atoms with Crippen molar-refractivity contribution in [1.82, 2.24) is 20.0 Å². The Morgan fingerprint density at radius 1 is 0.805 bits per heavy atom. The molecule has 3 aliphatic rings. The Balaban J connectivity index is 1.24. The summed E-state index contributed by atoms with van der Waals surface area (Å²) in [7, 11) is 1.76. The zero-order chi connectivity index (χ0) is 28.5. The van der Waals surface area contributed by atoms with Crippen molar-refractivity contribution in [2.24, 2.45) is 0 Å². The third-order valence-electron chi connectivity index (χ3n) is 8.68. The molecule has 0 bridgehead atoms. The number of likely N-dealkylation sites (tertiary alicyclic amines) is 1. The van der Waals surface area contributed by atoms with Gasteiger partial charge >= 0.3 is 0 Å². The predicted molar refractivity (Wildman–Crippen MR) is 154 cm³/mol. The van der Waals surface area contributed by atoms with E-state index in [0.29, 0.717) is 25.9 Å². The van der Waals surface area contributed by atoms with Gasteiger partial charge in [-0.15, -0.1) is 0 Å². The van der Waals surface area contributed by atoms with Crippen LogP contribution in [-0.2, 0) is 46.9 Å². The van der Waals surface area contributed by atoms with Gasteiger partial charge in [0.15, 0.2) is 0 Å². The molecule has 8 heteroatoms. The lowest BCUT2D eigenvalue weighted by molar-refractivity contribution is -0.152. The Kier molecular flexibility index (Phi) is 7.60. The molecule has 0 spiro atoms. The first kappa shape index (κ1) is 27.2. The Morgan fingerprint density at radius 3 is 2.17 bits per heavy atom. The molecule has 212 valence electrons. The van der Waals surface area contributed by atoms with Gasteiger partial charge in [0.1, 0.15) is 12.1 Å². The van der Waals surface area contributed by atoms with Crippen LogP contribution in [0.4, 0.5) is 0 Å². The summed E-state index contributed by atoms with van der Waals surface area (Å²) in [6.45, 7) is 1.40. The van der Waals surface area contributed by atoms with Crippen molar-refractivity contribution in [3.8, 4) is 0 Å². The number of likely N-dealkylation sites (N-methyl/N-ethyl adjacent to an activating group) is 1. The monoisotopic (exact) mass is 552 g/mol. The van der Waals surface area contributed by atoms with Gasteiger partial charge in [-0.2, -0.15) is 0 Å². The van der Waals surface area contributed by atoms with E-state index >= 15 is 0 Å². The molecule has 8 nitrogen and oxygen atoms in total. The summed E-state index contributed by atoms with van der Waals surface area (Å²) in [5.74, 6) is -0.610. The van der Waals surface area contributed by atoms with Crippen molar-refractivity contribution in [2.75, 3.05) is 13.6 Å². The molecule has 2 N–H and O–H groups in total. The molecule has 0 saturated carbocycles. The lowest BCUT2D eigenvalue weighted by Crippen LogP contribution is -2.59. The summed E-state index contributed by atoms with van der Waals surface area (Å²) < 4.78 is 0. The number of β-amino-alcohol motifs (C(OH)–C–C–N with tert-alkyl or cyclic N) is 1. The summed E-state index contributed by atoms with van der Waals surface area (Å²) in [5, 5.41) is 14.0. The molecule has 0 radical (unpaired) electrons. The van der Waals surface area contributed by atoms with Crippen LogP contribution in [0.1, 0.15) is 34.2 Å². The van der Waals surface area contributed by atoms with E-state index in [1.54, 1.807) is 16.8 Å². The topological polar surface area (TPSA) is 93.2 Å². The Hall–Kier alpha value is -4.01. The lowest BCUT2D eigenvalue weighted by Gasteiger charge is -2.40. The molecule has 0 unspecified atom stereocenters. The zero-order valence-electron chi connectivity index (χ0n) is 23.3. The highest BCUT2D eigenvalue weighted by molar-refractivity contribution is 5.94. The van der Waals surface area contributed by atoms with Crippen LogP contribution in [0.15, 0.2) is 78.9 Å². The number of hydrogen-bond acceptors (Lipinski definition) is 5. The zero-order valence-corrected chi connectivity index (χ0v) is 23.3. The van der Waals surface area contributed by atoms with Crippen molar-refractivity contribution in [3.05, 3.63) is 107 Å². The molecule has 0 aromatic heterocycles. The van der Waals surface area contributed by atoms with Crippen LogP contribution in [0.25, 0.3) is 0 Å². The minimum Gasteiger partial charge on any atom is -0.391 e. The van der Waals surface area contributed by atoms with Crippen molar-refractivity contribution in [3.63, 3.8) is 0 Å². The van der Waals surface area contributed by atoms with Crippen molar-refractivity contribution >= 4 is 17.7 Å². The van der Waals surface area contributed by atoms with Crippen molar-refractivity contribution in [2.45, 2.75) is 63.1 Å². The maximum absolute atomic E-state index is 14.3. The highest BCUT2D eigenvalue weighted by atomic mass is 16.3. The first-order valence-electron chi connectivity index (χ1n) is 14.3. The van der Waals surface area contributed by atoms with Crippen LogP contribution >= 0.6 is 0 Å². The second kappa shape index (κ2) is 11.5. The smallest absolute Gasteiger partial charge is 0.246 e. The molecule has 6 rings (SSSR count). The van der Waals surface area contributed by atoms with Gasteiger partial charge in [-0.25, -0.2) is 0 Å². The summed E-state index contributed by atoms with van der Waals surface area (Å²) in [5.41, 5.74) is 5.34. The van der Waals surface area contributed by atoms with Crippen molar-refractivity contribution in [1.29, 1.82) is 0 Å². The van der Waals surface area contributed by atoms with Gasteiger partial charge in [-0.1, -0.05) is 78.9 Å². The van der Waals surface area contributed by atoms with Gasteiger partial charge in [-0.05, 0) is 34.2 Å². The molecular weight excluding hydrogens is 516 g/mol. The third kappa shape index (κ3) is 5.49. The highest BCUT2D eigenvalue weighted by Crippen LogP contribution is 2.30. The van der Waals surface area contributed by atoms with Crippen molar-refractivity contribution < 1.29 is 19.5 Å². The molecule has 3 amide bonds. The number of nitrogens with one attached hydrogen (secondary N) is 1. The molecule has 4 atom stereocenters. The van der Waals surface area contributed by atoms with Gasteiger partial charge in [0, 0.05) is 46.1 Å². The number of benzene rings is 3. The summed E-state index contributed by atoms with van der Waals surface area (Å²) >= 11 is 0. The quantitative estimate of drug-likeness (QED) is 0.507. The van der Waals surface area contributed by atoms with E-state index in [-0.39, 0.29) is 37.2 Å². The second-order valence-corrected chi connectivity index (χ2v) is 11.4. The van der Waals surface area contributed by atoms with E-state index < -0.39 is 24.2 Å². The van der Waals surface area contributed by atoms with Crippen LogP contribution < -0.4 is 5.32 Å². The molecule has 1 fully saturated rings. The standard InChI is InChI=1S/C33H36N4O4/c1-35(19-22-9-3-2-4-10-22)32(40)29-16-24-12-6-8-14-26(24)20-36(29)33(41)30-17-27(38)21-37(30)31(39)28-15-23-11-5-7-13-25(23)18-34-28/h2-14,27-30,34,38H,15-21H2,1H3/t27-,28+,29+,30+/m1/s1. The van der Waals surface area contributed by atoms with E-state index in [1.807, 2.05) is 72.8 Å². The van der Waals surface area contributed by atoms with E-state index in [2.05, 4.69) is 11.4 Å². The number of aliphatic hydroxyl groups excluding tert-OH is 1. The maximum Gasteiger partial charge on any atom is 0.246 e.